The second kappa shape index (κ2) is 7.29. The van der Waals surface area contributed by atoms with Crippen molar-refractivity contribution in [2.75, 3.05) is 13.1 Å². The van der Waals surface area contributed by atoms with Crippen LogP contribution in [0.4, 0.5) is 0 Å². The first-order chi connectivity index (χ1) is 11.6. The number of hydrogen-bond donors (Lipinski definition) is 2. The number of likely N-dealkylation sites (tertiary alicyclic amines) is 1. The van der Waals surface area contributed by atoms with Crippen molar-refractivity contribution < 1.29 is 9.59 Å². The number of nitrogens with zero attached hydrogens (tertiary/aromatic N) is 4. The molecule has 1 aliphatic heterocycles. The summed E-state index contributed by atoms with van der Waals surface area (Å²) in [5, 5.41) is 10.9. The Balaban J connectivity index is 1.52. The van der Waals surface area contributed by atoms with E-state index in [0.29, 0.717) is 13.0 Å². The molecule has 3 heterocycles. The summed E-state index contributed by atoms with van der Waals surface area (Å²) in [7, 11) is 0. The topological polar surface area (TPSA) is 110 Å². The van der Waals surface area contributed by atoms with Crippen LogP contribution < -0.4 is 5.73 Å². The van der Waals surface area contributed by atoms with Gasteiger partial charge in [-0.25, -0.2) is 0 Å². The number of aromatic amines is 1. The van der Waals surface area contributed by atoms with Gasteiger partial charge in [0, 0.05) is 50.1 Å². The minimum absolute atomic E-state index is 0.168. The summed E-state index contributed by atoms with van der Waals surface area (Å²) in [5.41, 5.74) is 6.35. The Morgan fingerprint density at radius 1 is 1.42 bits per heavy atom. The van der Waals surface area contributed by atoms with E-state index in [4.69, 9.17) is 5.73 Å². The molecule has 3 N–H and O–H groups in total. The van der Waals surface area contributed by atoms with Gasteiger partial charge in [-0.3, -0.25) is 19.4 Å². The molecule has 0 aliphatic carbocycles. The standard InChI is InChI=1S/C16H22N6O2/c17-16(24)14-10-13(19-20-14)12-4-1-7-21(11-12)15(23)5-2-8-22-9-3-6-18-22/h3,6,9-10,12H,1-2,4-5,7-8,11H2,(H2,17,24)(H,19,20). The monoisotopic (exact) mass is 330 g/mol. The molecule has 0 bridgehead atoms. The number of rotatable bonds is 6. The van der Waals surface area contributed by atoms with E-state index in [1.54, 1.807) is 12.3 Å². The van der Waals surface area contributed by atoms with Crippen LogP contribution in [0.5, 0.6) is 0 Å². The second-order valence-corrected chi connectivity index (χ2v) is 6.12. The molecule has 2 amide bonds. The van der Waals surface area contributed by atoms with E-state index >= 15 is 0 Å². The van der Waals surface area contributed by atoms with Gasteiger partial charge in [0.15, 0.2) is 0 Å². The van der Waals surface area contributed by atoms with Gasteiger partial charge in [0.1, 0.15) is 5.69 Å². The molecule has 3 rings (SSSR count). The zero-order valence-corrected chi connectivity index (χ0v) is 13.5. The minimum Gasteiger partial charge on any atom is -0.364 e. The number of nitrogens with one attached hydrogen (secondary N) is 1. The maximum atomic E-state index is 12.4. The van der Waals surface area contributed by atoms with Gasteiger partial charge in [0.25, 0.3) is 5.91 Å². The number of piperidine rings is 1. The van der Waals surface area contributed by atoms with Gasteiger partial charge < -0.3 is 10.6 Å². The highest BCUT2D eigenvalue weighted by atomic mass is 16.2. The quantitative estimate of drug-likeness (QED) is 0.819. The zero-order valence-electron chi connectivity index (χ0n) is 13.5. The van der Waals surface area contributed by atoms with E-state index in [9.17, 15) is 9.59 Å². The molecule has 2 aromatic heterocycles. The van der Waals surface area contributed by atoms with Crippen LogP contribution in [0.25, 0.3) is 0 Å². The number of hydrogen-bond acceptors (Lipinski definition) is 4. The highest BCUT2D eigenvalue weighted by Gasteiger charge is 2.26. The third-order valence-electron chi connectivity index (χ3n) is 4.40. The molecule has 128 valence electrons. The van der Waals surface area contributed by atoms with Gasteiger partial charge in [-0.2, -0.15) is 10.2 Å². The smallest absolute Gasteiger partial charge is 0.269 e. The van der Waals surface area contributed by atoms with Gasteiger partial charge in [-0.05, 0) is 31.4 Å². The van der Waals surface area contributed by atoms with E-state index in [0.717, 1.165) is 38.0 Å². The van der Waals surface area contributed by atoms with Gasteiger partial charge in [0.2, 0.25) is 5.91 Å². The average molecular weight is 330 g/mol. The number of carbonyl (C=O) groups excluding carboxylic acids is 2. The fourth-order valence-corrected chi connectivity index (χ4v) is 3.11. The van der Waals surface area contributed by atoms with Crippen molar-refractivity contribution >= 4 is 11.8 Å². The normalized spacial score (nSPS) is 17.8. The summed E-state index contributed by atoms with van der Waals surface area (Å²) in [6.07, 6.45) is 6.84. The van der Waals surface area contributed by atoms with Crippen molar-refractivity contribution in [2.24, 2.45) is 5.73 Å². The predicted molar refractivity (Wildman–Crippen MR) is 87.1 cm³/mol. The van der Waals surface area contributed by atoms with Gasteiger partial charge in [-0.15, -0.1) is 0 Å². The zero-order chi connectivity index (χ0) is 16.9. The molecule has 1 fully saturated rings. The highest BCUT2D eigenvalue weighted by molar-refractivity contribution is 5.90. The fourth-order valence-electron chi connectivity index (χ4n) is 3.11. The Morgan fingerprint density at radius 2 is 2.29 bits per heavy atom. The predicted octanol–water partition coefficient (Wildman–Crippen LogP) is 0.891. The summed E-state index contributed by atoms with van der Waals surface area (Å²) >= 11 is 0. The van der Waals surface area contributed by atoms with Crippen LogP contribution in [0, 0.1) is 0 Å². The van der Waals surface area contributed by atoms with E-state index in [-0.39, 0.29) is 17.5 Å². The largest absolute Gasteiger partial charge is 0.364 e. The van der Waals surface area contributed by atoms with Crippen molar-refractivity contribution in [2.45, 2.75) is 38.1 Å². The summed E-state index contributed by atoms with van der Waals surface area (Å²) in [6.45, 7) is 2.19. The second-order valence-electron chi connectivity index (χ2n) is 6.12. The number of aryl methyl sites for hydroxylation is 1. The van der Waals surface area contributed by atoms with Crippen LogP contribution in [-0.2, 0) is 11.3 Å². The van der Waals surface area contributed by atoms with Gasteiger partial charge in [0.05, 0.1) is 0 Å². The van der Waals surface area contributed by atoms with E-state index in [1.165, 1.54) is 0 Å². The molecule has 0 aromatic carbocycles. The third-order valence-corrected chi connectivity index (χ3v) is 4.40. The summed E-state index contributed by atoms with van der Waals surface area (Å²) in [5.74, 6) is -0.198. The summed E-state index contributed by atoms with van der Waals surface area (Å²) in [4.78, 5) is 25.5. The highest BCUT2D eigenvalue weighted by Crippen LogP contribution is 2.26. The first-order valence-electron chi connectivity index (χ1n) is 8.24. The van der Waals surface area contributed by atoms with E-state index in [2.05, 4.69) is 15.3 Å². The Labute approximate surface area is 140 Å². The van der Waals surface area contributed by atoms with Crippen LogP contribution in [0.2, 0.25) is 0 Å². The van der Waals surface area contributed by atoms with Gasteiger partial charge in [-0.1, -0.05) is 0 Å². The van der Waals surface area contributed by atoms with Crippen LogP contribution in [-0.4, -0.2) is 49.8 Å². The molecular weight excluding hydrogens is 308 g/mol. The third kappa shape index (κ3) is 3.81. The number of H-pyrrole nitrogens is 1. The summed E-state index contributed by atoms with van der Waals surface area (Å²) < 4.78 is 1.84. The Morgan fingerprint density at radius 3 is 3.00 bits per heavy atom. The van der Waals surface area contributed by atoms with Crippen molar-refractivity contribution in [3.8, 4) is 0 Å². The number of aromatic nitrogens is 4. The molecule has 1 aliphatic rings. The minimum atomic E-state index is -0.542. The fraction of sp³-hybridized carbons (Fsp3) is 0.500. The van der Waals surface area contributed by atoms with Crippen LogP contribution in [0.3, 0.4) is 0 Å². The maximum Gasteiger partial charge on any atom is 0.269 e. The van der Waals surface area contributed by atoms with Crippen LogP contribution in [0.15, 0.2) is 24.5 Å². The molecular formula is C16H22N6O2. The molecule has 24 heavy (non-hydrogen) atoms. The number of amides is 2. The number of nitrogens with two attached hydrogens (primary N) is 1. The molecule has 8 heteroatoms. The molecule has 0 saturated carbocycles. The molecule has 2 aromatic rings. The lowest BCUT2D eigenvalue weighted by Gasteiger charge is -2.32. The van der Waals surface area contributed by atoms with E-state index in [1.807, 2.05) is 21.8 Å². The molecule has 1 unspecified atom stereocenters. The lowest BCUT2D eigenvalue weighted by molar-refractivity contribution is -0.132. The Bertz CT molecular complexity index is 693. The van der Waals surface area contributed by atoms with Crippen LogP contribution in [0.1, 0.15) is 47.8 Å². The Hall–Kier alpha value is -2.64. The first kappa shape index (κ1) is 16.2. The number of carbonyl (C=O) groups is 2. The molecule has 8 nitrogen and oxygen atoms in total. The first-order valence-corrected chi connectivity index (χ1v) is 8.24. The van der Waals surface area contributed by atoms with Crippen molar-refractivity contribution in [3.63, 3.8) is 0 Å². The van der Waals surface area contributed by atoms with E-state index < -0.39 is 5.91 Å². The van der Waals surface area contributed by atoms with Gasteiger partial charge >= 0.3 is 0 Å². The molecule has 0 radical (unpaired) electrons. The van der Waals surface area contributed by atoms with Crippen molar-refractivity contribution in [1.82, 2.24) is 24.9 Å². The lowest BCUT2D eigenvalue weighted by Crippen LogP contribution is -2.39. The van der Waals surface area contributed by atoms with Crippen molar-refractivity contribution in [1.29, 1.82) is 0 Å². The molecule has 0 spiro atoms. The molecule has 1 atom stereocenters. The SMILES string of the molecule is NC(=O)c1cc(C2CCCN(C(=O)CCCn3cccn3)C2)[nH]n1. The maximum absolute atomic E-state index is 12.4. The Kier molecular flexibility index (Phi) is 4.93. The van der Waals surface area contributed by atoms with Crippen molar-refractivity contribution in [3.05, 3.63) is 35.9 Å². The number of primary amides is 1. The summed E-state index contributed by atoms with van der Waals surface area (Å²) in [6, 6.07) is 3.57. The van der Waals surface area contributed by atoms with Crippen LogP contribution >= 0.6 is 0 Å². The lowest BCUT2D eigenvalue weighted by atomic mass is 9.94. The molecule has 1 saturated heterocycles. The average Bonchev–Trinajstić information content (AvgIpc) is 3.26.